The zero-order valence-electron chi connectivity index (χ0n) is 21.0. The van der Waals surface area contributed by atoms with Crippen LogP contribution in [0.3, 0.4) is 0 Å². The standard InChI is InChI=1S/C28H38N2O3/c1-27(2,3)21-13-19(14-22(25(21)32)28(4,5)6)23(31)16-30-15-20(17-33-7)24(26(30)29)18-11-9-8-10-12-18/h8-14,20,24,29,32H,15-17H2,1-7H3/t20-,24-/m1/s1. The molecule has 0 aromatic heterocycles. The second-order valence-corrected chi connectivity index (χ2v) is 11.2. The minimum atomic E-state index is -0.303. The minimum Gasteiger partial charge on any atom is -0.507 e. The summed E-state index contributed by atoms with van der Waals surface area (Å²) in [7, 11) is 1.68. The van der Waals surface area contributed by atoms with Crippen LogP contribution in [-0.2, 0) is 15.6 Å². The number of Topliss-reactive ketones (excluding diaryl/α,β-unsaturated/α-hetero) is 1. The normalized spacial score (nSPS) is 19.2. The number of likely N-dealkylation sites (tertiary alicyclic amines) is 1. The van der Waals surface area contributed by atoms with Crippen LogP contribution < -0.4 is 0 Å². The molecule has 0 bridgehead atoms. The van der Waals surface area contributed by atoms with E-state index >= 15 is 0 Å². The van der Waals surface area contributed by atoms with Crippen molar-refractivity contribution in [2.24, 2.45) is 5.92 Å². The van der Waals surface area contributed by atoms with E-state index in [-0.39, 0.29) is 40.7 Å². The van der Waals surface area contributed by atoms with Gasteiger partial charge in [0.15, 0.2) is 5.78 Å². The summed E-state index contributed by atoms with van der Waals surface area (Å²) >= 11 is 0. The summed E-state index contributed by atoms with van der Waals surface area (Å²) in [6.45, 7) is 13.5. The smallest absolute Gasteiger partial charge is 0.182 e. The summed E-state index contributed by atoms with van der Waals surface area (Å²) in [6, 6.07) is 13.7. The number of hydrogen-bond donors (Lipinski definition) is 2. The molecule has 1 aliphatic rings. The topological polar surface area (TPSA) is 73.6 Å². The molecule has 0 radical (unpaired) electrons. The Balaban J connectivity index is 1.93. The van der Waals surface area contributed by atoms with Crippen LogP contribution in [0.25, 0.3) is 0 Å². The number of benzene rings is 2. The molecule has 1 fully saturated rings. The third kappa shape index (κ3) is 5.30. The maximum atomic E-state index is 13.5. The van der Waals surface area contributed by atoms with Gasteiger partial charge >= 0.3 is 0 Å². The number of phenolic OH excluding ortho intramolecular Hbond substituents is 1. The van der Waals surface area contributed by atoms with Crippen molar-refractivity contribution < 1.29 is 14.6 Å². The SMILES string of the molecule is COC[C@H]1CN(CC(=O)c2cc(C(C)(C)C)c(O)c(C(C)(C)C)c2)C(=N)[C@@H]1c1ccccc1. The molecule has 1 heterocycles. The molecule has 0 spiro atoms. The lowest BCUT2D eigenvalue weighted by Gasteiger charge is -2.28. The summed E-state index contributed by atoms with van der Waals surface area (Å²) in [6.07, 6.45) is 0. The molecule has 2 atom stereocenters. The number of carbonyl (C=O) groups excluding carboxylic acids is 1. The molecular weight excluding hydrogens is 412 g/mol. The van der Waals surface area contributed by atoms with Gasteiger partial charge in [0, 0.05) is 42.2 Å². The zero-order chi connectivity index (χ0) is 24.6. The van der Waals surface area contributed by atoms with Crippen LogP contribution in [0.15, 0.2) is 42.5 Å². The molecule has 2 aromatic carbocycles. The van der Waals surface area contributed by atoms with Gasteiger partial charge in [-0.1, -0.05) is 71.9 Å². The lowest BCUT2D eigenvalue weighted by molar-refractivity contribution is 0.0955. The van der Waals surface area contributed by atoms with E-state index in [2.05, 4.69) is 0 Å². The number of nitrogens with one attached hydrogen (secondary N) is 1. The van der Waals surface area contributed by atoms with Crippen molar-refractivity contribution in [3.8, 4) is 5.75 Å². The number of nitrogens with zero attached hydrogens (tertiary/aromatic N) is 1. The van der Waals surface area contributed by atoms with Crippen molar-refractivity contribution in [1.29, 1.82) is 5.41 Å². The van der Waals surface area contributed by atoms with E-state index in [1.54, 1.807) is 7.11 Å². The molecule has 0 unspecified atom stereocenters. The molecule has 3 rings (SSSR count). The largest absolute Gasteiger partial charge is 0.507 e. The number of rotatable bonds is 6. The number of ether oxygens (including phenoxy) is 1. The van der Waals surface area contributed by atoms with E-state index in [9.17, 15) is 9.90 Å². The van der Waals surface area contributed by atoms with Gasteiger partial charge in [0.25, 0.3) is 0 Å². The summed E-state index contributed by atoms with van der Waals surface area (Å²) in [4.78, 5) is 15.4. The summed E-state index contributed by atoms with van der Waals surface area (Å²) < 4.78 is 5.45. The molecule has 5 nitrogen and oxygen atoms in total. The predicted molar refractivity (Wildman–Crippen MR) is 134 cm³/mol. The Labute approximate surface area is 198 Å². The van der Waals surface area contributed by atoms with Crippen LogP contribution >= 0.6 is 0 Å². The van der Waals surface area contributed by atoms with Crippen LogP contribution in [0.4, 0.5) is 0 Å². The molecule has 1 saturated heterocycles. The van der Waals surface area contributed by atoms with E-state index in [1.807, 2.05) is 88.9 Å². The van der Waals surface area contributed by atoms with E-state index in [1.165, 1.54) is 0 Å². The van der Waals surface area contributed by atoms with Crippen molar-refractivity contribution in [3.05, 3.63) is 64.7 Å². The lowest BCUT2D eigenvalue weighted by atomic mass is 9.78. The lowest BCUT2D eigenvalue weighted by Crippen LogP contribution is -2.32. The number of methoxy groups -OCH3 is 1. The fraction of sp³-hybridized carbons (Fsp3) is 0.500. The van der Waals surface area contributed by atoms with Crippen molar-refractivity contribution in [1.82, 2.24) is 4.90 Å². The van der Waals surface area contributed by atoms with Gasteiger partial charge in [-0.2, -0.15) is 0 Å². The van der Waals surface area contributed by atoms with E-state index in [0.29, 0.717) is 24.6 Å². The molecule has 0 aliphatic carbocycles. The van der Waals surface area contributed by atoms with E-state index < -0.39 is 0 Å². The third-order valence-electron chi connectivity index (χ3n) is 6.48. The Hall–Kier alpha value is -2.66. The second-order valence-electron chi connectivity index (χ2n) is 11.2. The van der Waals surface area contributed by atoms with Crippen LogP contribution in [0.1, 0.15) is 74.5 Å². The predicted octanol–water partition coefficient (Wildman–Crippen LogP) is 5.51. The van der Waals surface area contributed by atoms with E-state index in [0.717, 1.165) is 16.7 Å². The molecule has 5 heteroatoms. The quantitative estimate of drug-likeness (QED) is 0.569. The molecule has 2 N–H and O–H groups in total. The number of phenols is 1. The third-order valence-corrected chi connectivity index (χ3v) is 6.48. The maximum absolute atomic E-state index is 13.5. The fourth-order valence-electron chi connectivity index (χ4n) is 4.71. The number of aromatic hydroxyl groups is 1. The van der Waals surface area contributed by atoms with Gasteiger partial charge in [-0.25, -0.2) is 0 Å². The van der Waals surface area contributed by atoms with Crippen LogP contribution in [0.5, 0.6) is 5.75 Å². The summed E-state index contributed by atoms with van der Waals surface area (Å²) in [5.74, 6) is 0.717. The van der Waals surface area contributed by atoms with Crippen molar-refractivity contribution >= 4 is 11.6 Å². The fourth-order valence-corrected chi connectivity index (χ4v) is 4.71. The van der Waals surface area contributed by atoms with Gasteiger partial charge in [-0.05, 0) is 28.5 Å². The first-order chi connectivity index (χ1) is 15.3. The monoisotopic (exact) mass is 450 g/mol. The Morgan fingerprint density at radius 3 is 2.09 bits per heavy atom. The van der Waals surface area contributed by atoms with Crippen LogP contribution in [0.2, 0.25) is 0 Å². The first kappa shape index (κ1) is 25.0. The molecule has 0 saturated carbocycles. The minimum absolute atomic E-state index is 0.0411. The summed E-state index contributed by atoms with van der Waals surface area (Å²) in [5.41, 5.74) is 2.60. The highest BCUT2D eigenvalue weighted by Gasteiger charge is 2.39. The number of amidine groups is 1. The maximum Gasteiger partial charge on any atom is 0.182 e. The number of hydrogen-bond acceptors (Lipinski definition) is 4. The highest BCUT2D eigenvalue weighted by Crippen LogP contribution is 2.40. The Morgan fingerprint density at radius 1 is 1.06 bits per heavy atom. The average molecular weight is 451 g/mol. The molecule has 0 amide bonds. The molecule has 1 aliphatic heterocycles. The molecular formula is C28H38N2O3. The van der Waals surface area contributed by atoms with Gasteiger partial charge in [0.1, 0.15) is 11.6 Å². The second kappa shape index (κ2) is 9.30. The van der Waals surface area contributed by atoms with Crippen LogP contribution in [-0.4, -0.2) is 48.4 Å². The molecule has 2 aromatic rings. The van der Waals surface area contributed by atoms with Crippen molar-refractivity contribution in [2.45, 2.75) is 58.3 Å². The number of ketones is 1. The number of carbonyl (C=O) groups is 1. The zero-order valence-corrected chi connectivity index (χ0v) is 21.0. The first-order valence-electron chi connectivity index (χ1n) is 11.6. The van der Waals surface area contributed by atoms with Gasteiger partial charge < -0.3 is 14.7 Å². The van der Waals surface area contributed by atoms with Crippen molar-refractivity contribution in [3.63, 3.8) is 0 Å². The van der Waals surface area contributed by atoms with Gasteiger partial charge in [0.2, 0.25) is 0 Å². The Kier molecular flexibility index (Phi) is 7.04. The Bertz CT molecular complexity index is 981. The molecule has 33 heavy (non-hydrogen) atoms. The first-order valence-corrected chi connectivity index (χ1v) is 11.6. The van der Waals surface area contributed by atoms with Crippen LogP contribution in [0, 0.1) is 11.3 Å². The average Bonchev–Trinajstić information content (AvgIpc) is 3.02. The highest BCUT2D eigenvalue weighted by molar-refractivity contribution is 6.01. The summed E-state index contributed by atoms with van der Waals surface area (Å²) in [5, 5.41) is 19.8. The van der Waals surface area contributed by atoms with Gasteiger partial charge in [0.05, 0.1) is 13.2 Å². The Morgan fingerprint density at radius 2 is 1.61 bits per heavy atom. The molecule has 178 valence electrons. The van der Waals surface area contributed by atoms with Crippen molar-refractivity contribution in [2.75, 3.05) is 26.8 Å². The van der Waals surface area contributed by atoms with E-state index in [4.69, 9.17) is 10.1 Å². The van der Waals surface area contributed by atoms with Gasteiger partial charge in [-0.15, -0.1) is 0 Å². The van der Waals surface area contributed by atoms with Gasteiger partial charge in [-0.3, -0.25) is 10.2 Å². The highest BCUT2D eigenvalue weighted by atomic mass is 16.5.